The van der Waals surface area contributed by atoms with Gasteiger partial charge in [-0.1, -0.05) is 6.92 Å². The third-order valence-electron chi connectivity index (χ3n) is 1.88. The smallest absolute Gasteiger partial charge is 0.137 e. The predicted octanol–water partition coefficient (Wildman–Crippen LogP) is 3.14. The van der Waals surface area contributed by atoms with Crippen LogP contribution in [0.4, 0.5) is 8.78 Å². The van der Waals surface area contributed by atoms with E-state index in [1.165, 1.54) is 0 Å². The summed E-state index contributed by atoms with van der Waals surface area (Å²) < 4.78 is 26.3. The van der Waals surface area contributed by atoms with E-state index in [0.717, 1.165) is 12.1 Å². The maximum Gasteiger partial charge on any atom is 0.137 e. The van der Waals surface area contributed by atoms with Crippen LogP contribution in [0, 0.1) is 11.6 Å². The number of hydrogen-bond donors (Lipinski definition) is 1. The second-order valence-corrected chi connectivity index (χ2v) is 3.66. The van der Waals surface area contributed by atoms with Crippen LogP contribution in [-0.2, 0) is 0 Å². The number of halogens is 3. The van der Waals surface area contributed by atoms with Crippen LogP contribution in [0.3, 0.4) is 0 Å². The van der Waals surface area contributed by atoms with Crippen LogP contribution in [0.15, 0.2) is 16.6 Å². The van der Waals surface area contributed by atoms with Crippen molar-refractivity contribution in [3.05, 3.63) is 33.8 Å². The number of benzene rings is 1. The van der Waals surface area contributed by atoms with Crippen molar-refractivity contribution in [1.82, 2.24) is 0 Å². The third-order valence-corrected chi connectivity index (χ3v) is 2.49. The molecule has 0 radical (unpaired) electrons. The van der Waals surface area contributed by atoms with Crippen molar-refractivity contribution in [2.45, 2.75) is 19.4 Å². The highest BCUT2D eigenvalue weighted by Gasteiger charge is 2.12. The molecule has 1 unspecified atom stereocenters. The summed E-state index contributed by atoms with van der Waals surface area (Å²) in [5, 5.41) is 0. The molecule has 1 nitrogen and oxygen atoms in total. The van der Waals surface area contributed by atoms with Gasteiger partial charge in [-0.3, -0.25) is 0 Å². The molecular formula is C9H10BrF2N. The van der Waals surface area contributed by atoms with E-state index < -0.39 is 17.7 Å². The van der Waals surface area contributed by atoms with Crippen molar-refractivity contribution >= 4 is 15.9 Å². The summed E-state index contributed by atoms with van der Waals surface area (Å²) in [6.45, 7) is 1.82. The Hall–Kier alpha value is -0.480. The molecule has 0 heterocycles. The van der Waals surface area contributed by atoms with E-state index >= 15 is 0 Å². The lowest BCUT2D eigenvalue weighted by molar-refractivity contribution is 0.554. The van der Waals surface area contributed by atoms with Crippen LogP contribution in [-0.4, -0.2) is 0 Å². The molecule has 13 heavy (non-hydrogen) atoms. The van der Waals surface area contributed by atoms with Gasteiger partial charge in [0.25, 0.3) is 0 Å². The average molecular weight is 250 g/mol. The van der Waals surface area contributed by atoms with Crippen LogP contribution >= 0.6 is 15.9 Å². The van der Waals surface area contributed by atoms with Crippen LogP contribution in [0.25, 0.3) is 0 Å². The van der Waals surface area contributed by atoms with Gasteiger partial charge in [0.15, 0.2) is 0 Å². The molecule has 0 aliphatic heterocycles. The maximum absolute atomic E-state index is 13.2. The molecule has 0 amide bonds. The SMILES string of the molecule is CCC(N)c1cc(F)c(Br)cc1F. The second-order valence-electron chi connectivity index (χ2n) is 2.80. The Bertz CT molecular complexity index is 315. The molecule has 0 saturated heterocycles. The van der Waals surface area contributed by atoms with Gasteiger partial charge in [0.05, 0.1) is 4.47 Å². The largest absolute Gasteiger partial charge is 0.324 e. The Morgan fingerprint density at radius 2 is 2.00 bits per heavy atom. The first-order chi connectivity index (χ1) is 6.06. The molecule has 0 fully saturated rings. The van der Waals surface area contributed by atoms with Crippen molar-refractivity contribution < 1.29 is 8.78 Å². The molecule has 0 aromatic heterocycles. The minimum absolute atomic E-state index is 0.122. The van der Waals surface area contributed by atoms with Gasteiger partial charge in [0.2, 0.25) is 0 Å². The van der Waals surface area contributed by atoms with Gasteiger partial charge in [-0.15, -0.1) is 0 Å². The lowest BCUT2D eigenvalue weighted by atomic mass is 10.1. The molecule has 0 aliphatic rings. The molecule has 1 aromatic rings. The topological polar surface area (TPSA) is 26.0 Å². The fourth-order valence-electron chi connectivity index (χ4n) is 1.04. The van der Waals surface area contributed by atoms with E-state index in [2.05, 4.69) is 15.9 Å². The zero-order valence-electron chi connectivity index (χ0n) is 7.15. The van der Waals surface area contributed by atoms with Gasteiger partial charge in [-0.05, 0) is 34.5 Å². The summed E-state index contributed by atoms with van der Waals surface area (Å²) in [6, 6.07) is 1.79. The molecule has 0 bridgehead atoms. The van der Waals surface area contributed by atoms with Crippen LogP contribution < -0.4 is 5.73 Å². The van der Waals surface area contributed by atoms with Crippen molar-refractivity contribution in [3.63, 3.8) is 0 Å². The van der Waals surface area contributed by atoms with Gasteiger partial charge in [0.1, 0.15) is 11.6 Å². The first-order valence-corrected chi connectivity index (χ1v) is 4.75. The van der Waals surface area contributed by atoms with Crippen molar-refractivity contribution in [2.24, 2.45) is 5.73 Å². The summed E-state index contributed by atoms with van der Waals surface area (Å²) in [4.78, 5) is 0. The van der Waals surface area contributed by atoms with Crippen LogP contribution in [0.5, 0.6) is 0 Å². The molecule has 72 valence electrons. The summed E-state index contributed by atoms with van der Waals surface area (Å²) in [5.41, 5.74) is 5.82. The first kappa shape index (κ1) is 10.6. The van der Waals surface area contributed by atoms with Gasteiger partial charge in [-0.25, -0.2) is 8.78 Å². The highest BCUT2D eigenvalue weighted by molar-refractivity contribution is 9.10. The minimum Gasteiger partial charge on any atom is -0.324 e. The quantitative estimate of drug-likeness (QED) is 0.801. The summed E-state index contributed by atoms with van der Waals surface area (Å²) in [7, 11) is 0. The molecule has 0 saturated carbocycles. The highest BCUT2D eigenvalue weighted by Crippen LogP contribution is 2.24. The van der Waals surface area contributed by atoms with E-state index in [4.69, 9.17) is 5.73 Å². The van der Waals surface area contributed by atoms with Gasteiger partial charge >= 0.3 is 0 Å². The fraction of sp³-hybridized carbons (Fsp3) is 0.333. The zero-order chi connectivity index (χ0) is 10.0. The molecule has 1 aromatic carbocycles. The predicted molar refractivity (Wildman–Crippen MR) is 51.3 cm³/mol. The van der Waals surface area contributed by atoms with Crippen molar-refractivity contribution in [2.75, 3.05) is 0 Å². The minimum atomic E-state index is -0.486. The van der Waals surface area contributed by atoms with Gasteiger partial charge in [-0.2, -0.15) is 0 Å². The lowest BCUT2D eigenvalue weighted by Gasteiger charge is -2.10. The van der Waals surface area contributed by atoms with Gasteiger partial charge < -0.3 is 5.73 Å². The van der Waals surface area contributed by atoms with Crippen molar-refractivity contribution in [1.29, 1.82) is 0 Å². The highest BCUT2D eigenvalue weighted by atomic mass is 79.9. The normalized spacial score (nSPS) is 13.0. The molecule has 2 N–H and O–H groups in total. The first-order valence-electron chi connectivity index (χ1n) is 3.96. The number of nitrogens with two attached hydrogens (primary N) is 1. The van der Waals surface area contributed by atoms with E-state index in [0.29, 0.717) is 6.42 Å². The summed E-state index contributed by atoms with van der Waals surface area (Å²) >= 11 is 2.90. The molecule has 4 heteroatoms. The number of rotatable bonds is 2. The molecule has 0 spiro atoms. The summed E-state index contributed by atoms with van der Waals surface area (Å²) in [5.74, 6) is -0.956. The molecule has 0 aliphatic carbocycles. The molecule has 1 rings (SSSR count). The van der Waals surface area contributed by atoms with Crippen LogP contribution in [0.2, 0.25) is 0 Å². The standard InChI is InChI=1S/C9H10BrF2N/c1-2-9(13)5-3-8(12)6(10)4-7(5)11/h3-4,9H,2,13H2,1H3. The van der Waals surface area contributed by atoms with E-state index in [-0.39, 0.29) is 10.0 Å². The van der Waals surface area contributed by atoms with Gasteiger partial charge in [0, 0.05) is 11.6 Å². The third kappa shape index (κ3) is 2.25. The monoisotopic (exact) mass is 249 g/mol. The Morgan fingerprint density at radius 1 is 1.38 bits per heavy atom. The Balaban J connectivity index is 3.15. The van der Waals surface area contributed by atoms with Crippen LogP contribution in [0.1, 0.15) is 24.9 Å². The maximum atomic E-state index is 13.2. The fourth-order valence-corrected chi connectivity index (χ4v) is 1.36. The zero-order valence-corrected chi connectivity index (χ0v) is 8.74. The molecular weight excluding hydrogens is 240 g/mol. The Labute approximate surface area is 84.1 Å². The second kappa shape index (κ2) is 4.15. The van der Waals surface area contributed by atoms with Crippen molar-refractivity contribution in [3.8, 4) is 0 Å². The van der Waals surface area contributed by atoms with E-state index in [1.54, 1.807) is 0 Å². The molecule has 1 atom stereocenters. The Kier molecular flexibility index (Phi) is 3.39. The Morgan fingerprint density at radius 3 is 2.54 bits per heavy atom. The number of hydrogen-bond acceptors (Lipinski definition) is 1. The van der Waals surface area contributed by atoms with E-state index in [9.17, 15) is 8.78 Å². The average Bonchev–Trinajstić information content (AvgIpc) is 2.10. The lowest BCUT2D eigenvalue weighted by Crippen LogP contribution is -2.11. The summed E-state index contributed by atoms with van der Waals surface area (Å²) in [6.07, 6.45) is 0.581. The van der Waals surface area contributed by atoms with E-state index in [1.807, 2.05) is 6.92 Å².